The fourth-order valence-corrected chi connectivity index (χ4v) is 1.88. The van der Waals surface area contributed by atoms with Crippen molar-refractivity contribution in [3.63, 3.8) is 0 Å². The standard InChI is InChI=1S/C12H17N3O5/c1-6-8(16)9(17)10(18)12(20-6)15-14-11(19)7-2-4-13-5-3-7/h2-6,8-10,12,15-18H,1H3,(H,14,19). The van der Waals surface area contributed by atoms with Gasteiger partial charge in [0.25, 0.3) is 5.91 Å². The molecule has 1 aromatic rings. The van der Waals surface area contributed by atoms with Crippen molar-refractivity contribution in [1.82, 2.24) is 15.8 Å². The van der Waals surface area contributed by atoms with E-state index in [2.05, 4.69) is 15.8 Å². The lowest BCUT2D eigenvalue weighted by atomic mass is 9.99. The van der Waals surface area contributed by atoms with Crippen LogP contribution in [0.4, 0.5) is 0 Å². The van der Waals surface area contributed by atoms with Crippen molar-refractivity contribution in [3.05, 3.63) is 30.1 Å². The molecule has 0 spiro atoms. The van der Waals surface area contributed by atoms with E-state index in [-0.39, 0.29) is 0 Å². The Morgan fingerprint density at radius 1 is 1.20 bits per heavy atom. The van der Waals surface area contributed by atoms with Gasteiger partial charge in [-0.2, -0.15) is 0 Å². The van der Waals surface area contributed by atoms with Crippen LogP contribution in [0, 0.1) is 0 Å². The number of hydrogen-bond donors (Lipinski definition) is 5. The summed E-state index contributed by atoms with van der Waals surface area (Å²) in [6.45, 7) is 1.55. The number of aliphatic hydroxyl groups excluding tert-OH is 3. The van der Waals surface area contributed by atoms with Crippen LogP contribution in [0.5, 0.6) is 0 Å². The first kappa shape index (κ1) is 14.8. The predicted octanol–water partition coefficient (Wildman–Crippen LogP) is -1.86. The van der Waals surface area contributed by atoms with Gasteiger partial charge in [-0.05, 0) is 19.1 Å². The zero-order valence-corrected chi connectivity index (χ0v) is 10.8. The van der Waals surface area contributed by atoms with Crippen LogP contribution in [-0.4, -0.2) is 56.9 Å². The minimum absolute atomic E-state index is 0.381. The van der Waals surface area contributed by atoms with Crippen molar-refractivity contribution < 1.29 is 24.9 Å². The molecule has 20 heavy (non-hydrogen) atoms. The van der Waals surface area contributed by atoms with Crippen LogP contribution in [0.3, 0.4) is 0 Å². The highest BCUT2D eigenvalue weighted by Crippen LogP contribution is 2.18. The fraction of sp³-hybridized carbons (Fsp3) is 0.500. The number of amides is 1. The monoisotopic (exact) mass is 283 g/mol. The highest BCUT2D eigenvalue weighted by Gasteiger charge is 2.41. The lowest BCUT2D eigenvalue weighted by molar-refractivity contribution is -0.226. The molecule has 110 valence electrons. The molecule has 0 bridgehead atoms. The third-order valence-electron chi connectivity index (χ3n) is 3.12. The second-order valence-corrected chi connectivity index (χ2v) is 4.57. The lowest BCUT2D eigenvalue weighted by Gasteiger charge is -2.39. The van der Waals surface area contributed by atoms with Gasteiger partial charge in [0.1, 0.15) is 18.3 Å². The summed E-state index contributed by atoms with van der Waals surface area (Å²) < 4.78 is 5.27. The van der Waals surface area contributed by atoms with Crippen molar-refractivity contribution >= 4 is 5.91 Å². The van der Waals surface area contributed by atoms with E-state index < -0.39 is 36.6 Å². The average molecular weight is 283 g/mol. The Morgan fingerprint density at radius 2 is 1.85 bits per heavy atom. The molecular formula is C12H17N3O5. The van der Waals surface area contributed by atoms with Crippen LogP contribution >= 0.6 is 0 Å². The highest BCUT2D eigenvalue weighted by molar-refractivity contribution is 5.93. The van der Waals surface area contributed by atoms with Gasteiger partial charge < -0.3 is 20.1 Å². The molecule has 8 heteroatoms. The van der Waals surface area contributed by atoms with Crippen LogP contribution in [0.15, 0.2) is 24.5 Å². The van der Waals surface area contributed by atoms with Crippen molar-refractivity contribution in [2.24, 2.45) is 0 Å². The number of rotatable bonds is 3. The molecule has 8 nitrogen and oxygen atoms in total. The average Bonchev–Trinajstić information content (AvgIpc) is 2.48. The number of hydrazine groups is 1. The number of nitrogens with one attached hydrogen (secondary N) is 2. The molecule has 1 saturated heterocycles. The van der Waals surface area contributed by atoms with Gasteiger partial charge in [0.15, 0.2) is 6.23 Å². The Hall–Kier alpha value is -1.58. The second-order valence-electron chi connectivity index (χ2n) is 4.57. The van der Waals surface area contributed by atoms with E-state index in [1.54, 1.807) is 6.92 Å². The molecule has 0 aromatic carbocycles. The molecule has 0 aliphatic carbocycles. The molecular weight excluding hydrogens is 266 g/mol. The molecule has 5 N–H and O–H groups in total. The van der Waals surface area contributed by atoms with E-state index in [4.69, 9.17) is 4.74 Å². The topological polar surface area (TPSA) is 124 Å². The van der Waals surface area contributed by atoms with Gasteiger partial charge in [-0.3, -0.25) is 15.2 Å². The van der Waals surface area contributed by atoms with E-state index in [0.717, 1.165) is 0 Å². The quantitative estimate of drug-likeness (QED) is 0.412. The number of carbonyl (C=O) groups is 1. The first-order valence-corrected chi connectivity index (χ1v) is 6.16. The van der Waals surface area contributed by atoms with Gasteiger partial charge in [-0.15, -0.1) is 0 Å². The molecule has 1 aromatic heterocycles. The maximum absolute atomic E-state index is 11.8. The van der Waals surface area contributed by atoms with Gasteiger partial charge >= 0.3 is 0 Å². The second kappa shape index (κ2) is 6.25. The van der Waals surface area contributed by atoms with Gasteiger partial charge in [-0.25, -0.2) is 5.43 Å². The van der Waals surface area contributed by atoms with E-state index >= 15 is 0 Å². The maximum atomic E-state index is 11.8. The molecule has 0 radical (unpaired) electrons. The first-order valence-electron chi connectivity index (χ1n) is 6.16. The molecule has 5 unspecified atom stereocenters. The SMILES string of the molecule is CC1OC(NNC(=O)c2ccncc2)C(O)C(O)C1O. The minimum atomic E-state index is -1.36. The van der Waals surface area contributed by atoms with Crippen LogP contribution < -0.4 is 10.9 Å². The zero-order chi connectivity index (χ0) is 14.7. The number of aliphatic hydroxyl groups is 3. The van der Waals surface area contributed by atoms with Crippen molar-refractivity contribution in [1.29, 1.82) is 0 Å². The number of hydrogen-bond acceptors (Lipinski definition) is 7. The fourth-order valence-electron chi connectivity index (χ4n) is 1.88. The Morgan fingerprint density at radius 3 is 2.50 bits per heavy atom. The summed E-state index contributed by atoms with van der Waals surface area (Å²) >= 11 is 0. The number of carbonyl (C=O) groups excluding carboxylic acids is 1. The minimum Gasteiger partial charge on any atom is -0.388 e. The summed E-state index contributed by atoms with van der Waals surface area (Å²) in [5.74, 6) is -0.434. The van der Waals surface area contributed by atoms with Gasteiger partial charge in [0.2, 0.25) is 0 Å². The van der Waals surface area contributed by atoms with Gasteiger partial charge in [0.05, 0.1) is 6.10 Å². The van der Waals surface area contributed by atoms with Crippen LogP contribution in [-0.2, 0) is 4.74 Å². The summed E-state index contributed by atoms with van der Waals surface area (Å²) in [6.07, 6.45) is -2.64. The van der Waals surface area contributed by atoms with Gasteiger partial charge in [-0.1, -0.05) is 0 Å². The predicted molar refractivity (Wildman–Crippen MR) is 67.2 cm³/mol. The largest absolute Gasteiger partial charge is 0.388 e. The Bertz CT molecular complexity index is 458. The highest BCUT2D eigenvalue weighted by atomic mass is 16.5. The molecule has 0 saturated carbocycles. The Kier molecular flexibility index (Phi) is 4.63. The van der Waals surface area contributed by atoms with Crippen molar-refractivity contribution in [2.75, 3.05) is 0 Å². The van der Waals surface area contributed by atoms with E-state index in [0.29, 0.717) is 5.56 Å². The summed E-state index contributed by atoms with van der Waals surface area (Å²) in [4.78, 5) is 15.6. The van der Waals surface area contributed by atoms with Crippen LogP contribution in [0.2, 0.25) is 0 Å². The Balaban J connectivity index is 1.92. The smallest absolute Gasteiger partial charge is 0.265 e. The summed E-state index contributed by atoms with van der Waals surface area (Å²) in [6, 6.07) is 3.05. The van der Waals surface area contributed by atoms with Crippen LogP contribution in [0.25, 0.3) is 0 Å². The first-order chi connectivity index (χ1) is 9.50. The van der Waals surface area contributed by atoms with E-state index in [1.165, 1.54) is 24.5 Å². The number of nitrogens with zero attached hydrogens (tertiary/aromatic N) is 1. The zero-order valence-electron chi connectivity index (χ0n) is 10.8. The number of aromatic nitrogens is 1. The molecule has 1 fully saturated rings. The van der Waals surface area contributed by atoms with Gasteiger partial charge in [0, 0.05) is 18.0 Å². The molecule has 2 heterocycles. The molecule has 1 amide bonds. The molecule has 1 aliphatic heterocycles. The normalized spacial score (nSPS) is 33.7. The van der Waals surface area contributed by atoms with E-state index in [1.807, 2.05) is 0 Å². The number of ether oxygens (including phenoxy) is 1. The summed E-state index contributed by atoms with van der Waals surface area (Å²) in [5, 5.41) is 28.9. The van der Waals surface area contributed by atoms with Crippen LogP contribution in [0.1, 0.15) is 17.3 Å². The summed E-state index contributed by atoms with van der Waals surface area (Å²) in [7, 11) is 0. The molecule has 5 atom stereocenters. The molecule has 2 rings (SSSR count). The number of pyridine rings is 1. The Labute approximate surface area is 115 Å². The third kappa shape index (κ3) is 3.11. The maximum Gasteiger partial charge on any atom is 0.265 e. The summed E-state index contributed by atoms with van der Waals surface area (Å²) in [5.41, 5.74) is 5.23. The third-order valence-corrected chi connectivity index (χ3v) is 3.12. The van der Waals surface area contributed by atoms with Crippen molar-refractivity contribution in [2.45, 2.75) is 37.6 Å². The van der Waals surface area contributed by atoms with E-state index in [9.17, 15) is 20.1 Å². The van der Waals surface area contributed by atoms with Crippen molar-refractivity contribution in [3.8, 4) is 0 Å². The lowest BCUT2D eigenvalue weighted by Crippen LogP contribution is -2.63. The molecule has 1 aliphatic rings.